The minimum absolute atomic E-state index is 0.600. The summed E-state index contributed by atoms with van der Waals surface area (Å²) < 4.78 is 0. The zero-order valence-electron chi connectivity index (χ0n) is 11.0. The third-order valence-corrected chi connectivity index (χ3v) is 5.85. The molecule has 2 bridgehead atoms. The molecule has 0 saturated heterocycles. The third kappa shape index (κ3) is 1.29. The molecule has 98 valence electrons. The molecule has 3 N–H and O–H groups in total. The lowest BCUT2D eigenvalue weighted by Crippen LogP contribution is -1.98. The van der Waals surface area contributed by atoms with E-state index in [9.17, 15) is 0 Å². The van der Waals surface area contributed by atoms with E-state index in [0.29, 0.717) is 6.54 Å². The first-order valence-corrected chi connectivity index (χ1v) is 7.54. The molecule has 1 aromatic carbocycles. The zero-order chi connectivity index (χ0) is 12.6. The monoisotopic (exact) mass is 253 g/mol. The van der Waals surface area contributed by atoms with Crippen LogP contribution in [0.1, 0.15) is 36.6 Å². The van der Waals surface area contributed by atoms with E-state index in [1.807, 2.05) is 0 Å². The van der Waals surface area contributed by atoms with Crippen molar-refractivity contribution in [2.45, 2.75) is 31.7 Å². The predicted molar refractivity (Wildman–Crippen MR) is 74.5 cm³/mol. The van der Waals surface area contributed by atoms with Crippen LogP contribution in [0.15, 0.2) is 18.2 Å². The van der Waals surface area contributed by atoms with Crippen LogP contribution in [0.25, 0.3) is 11.0 Å². The smallest absolute Gasteiger partial charge is 0.110 e. The Balaban J connectivity index is 1.53. The van der Waals surface area contributed by atoms with Gasteiger partial charge < -0.3 is 10.7 Å². The second-order valence-corrected chi connectivity index (χ2v) is 6.69. The third-order valence-electron chi connectivity index (χ3n) is 5.85. The molecule has 4 atom stereocenters. The molecule has 3 aliphatic carbocycles. The highest BCUT2D eigenvalue weighted by molar-refractivity contribution is 5.76. The van der Waals surface area contributed by atoms with Crippen molar-refractivity contribution in [3.63, 3.8) is 0 Å². The normalized spacial score (nSPS) is 38.9. The van der Waals surface area contributed by atoms with E-state index in [4.69, 9.17) is 10.7 Å². The van der Waals surface area contributed by atoms with Crippen molar-refractivity contribution < 1.29 is 0 Å². The lowest BCUT2D eigenvalue weighted by Gasteiger charge is -2.05. The summed E-state index contributed by atoms with van der Waals surface area (Å²) in [5, 5.41) is 0. The first-order valence-electron chi connectivity index (χ1n) is 7.54. The molecular weight excluding hydrogens is 234 g/mol. The second-order valence-electron chi connectivity index (χ2n) is 6.69. The molecule has 5 rings (SSSR count). The number of benzene rings is 1. The van der Waals surface area contributed by atoms with Crippen molar-refractivity contribution in [1.29, 1.82) is 0 Å². The van der Waals surface area contributed by atoms with E-state index in [0.717, 1.165) is 40.6 Å². The van der Waals surface area contributed by atoms with E-state index < -0.39 is 0 Å². The SMILES string of the molecule is NCc1ccc2nc(C3C4C5CCC(C5)C34)[nH]c2c1. The molecule has 3 aliphatic rings. The number of H-pyrrole nitrogens is 1. The average Bonchev–Trinajstić information content (AvgIpc) is 2.82. The molecule has 1 heterocycles. The maximum Gasteiger partial charge on any atom is 0.110 e. The maximum absolute atomic E-state index is 5.70. The van der Waals surface area contributed by atoms with E-state index in [-0.39, 0.29) is 0 Å². The summed E-state index contributed by atoms with van der Waals surface area (Å²) >= 11 is 0. The van der Waals surface area contributed by atoms with Crippen molar-refractivity contribution in [1.82, 2.24) is 9.97 Å². The molecular formula is C16H19N3. The summed E-state index contributed by atoms with van der Waals surface area (Å²) in [7, 11) is 0. The topological polar surface area (TPSA) is 54.7 Å². The van der Waals surface area contributed by atoms with Gasteiger partial charge >= 0.3 is 0 Å². The Kier molecular flexibility index (Phi) is 1.87. The maximum atomic E-state index is 5.70. The van der Waals surface area contributed by atoms with Gasteiger partial charge in [0.2, 0.25) is 0 Å². The van der Waals surface area contributed by atoms with Crippen LogP contribution in [0.2, 0.25) is 0 Å². The van der Waals surface area contributed by atoms with Gasteiger partial charge in [-0.05, 0) is 60.6 Å². The Morgan fingerprint density at radius 1 is 1.21 bits per heavy atom. The molecule has 0 radical (unpaired) electrons. The number of aromatic nitrogens is 2. The summed E-state index contributed by atoms with van der Waals surface area (Å²) in [6.07, 6.45) is 4.45. The molecule has 1 aromatic heterocycles. The van der Waals surface area contributed by atoms with Crippen molar-refractivity contribution in [3.05, 3.63) is 29.6 Å². The van der Waals surface area contributed by atoms with Crippen molar-refractivity contribution in [2.24, 2.45) is 29.4 Å². The highest BCUT2D eigenvalue weighted by atomic mass is 15.0. The fourth-order valence-electron chi connectivity index (χ4n) is 5.05. The van der Waals surface area contributed by atoms with Crippen LogP contribution < -0.4 is 5.73 Å². The first-order chi connectivity index (χ1) is 9.35. The molecule has 3 heteroatoms. The molecule has 0 spiro atoms. The summed E-state index contributed by atoms with van der Waals surface area (Å²) in [4.78, 5) is 8.40. The van der Waals surface area contributed by atoms with Crippen molar-refractivity contribution >= 4 is 11.0 Å². The minimum atomic E-state index is 0.600. The lowest BCUT2D eigenvalue weighted by atomic mass is 10.0. The fourth-order valence-corrected chi connectivity index (χ4v) is 5.05. The van der Waals surface area contributed by atoms with Gasteiger partial charge in [0, 0.05) is 12.5 Å². The Morgan fingerprint density at radius 2 is 2.00 bits per heavy atom. The molecule has 3 nitrogen and oxygen atoms in total. The van der Waals surface area contributed by atoms with Crippen LogP contribution in [-0.4, -0.2) is 9.97 Å². The summed E-state index contributed by atoms with van der Waals surface area (Å²) in [6, 6.07) is 6.34. The Bertz CT molecular complexity index is 643. The van der Waals surface area contributed by atoms with Crippen LogP contribution in [0, 0.1) is 23.7 Å². The van der Waals surface area contributed by atoms with Gasteiger partial charge in [0.1, 0.15) is 5.82 Å². The molecule has 0 amide bonds. The van der Waals surface area contributed by atoms with Gasteiger partial charge in [-0.25, -0.2) is 4.98 Å². The quantitative estimate of drug-likeness (QED) is 0.864. The standard InChI is InChI=1S/C16H19N3/c17-7-8-1-4-11-12(5-8)19-16(18-11)15-13-9-2-3-10(6-9)14(13)15/h1,4-5,9-10,13-15H,2-3,6-7,17H2,(H,18,19). The number of hydrogen-bond donors (Lipinski definition) is 2. The second kappa shape index (κ2) is 3.40. The van der Waals surface area contributed by atoms with E-state index in [2.05, 4.69) is 23.2 Å². The van der Waals surface area contributed by atoms with Crippen LogP contribution in [0.5, 0.6) is 0 Å². The van der Waals surface area contributed by atoms with Gasteiger partial charge in [-0.15, -0.1) is 0 Å². The Labute approximate surface area is 112 Å². The largest absolute Gasteiger partial charge is 0.342 e. The minimum Gasteiger partial charge on any atom is -0.342 e. The number of imidazole rings is 1. The predicted octanol–water partition coefficient (Wildman–Crippen LogP) is 2.78. The van der Waals surface area contributed by atoms with E-state index in [1.165, 1.54) is 30.7 Å². The lowest BCUT2D eigenvalue weighted by molar-refractivity contribution is 0.456. The summed E-state index contributed by atoms with van der Waals surface area (Å²) in [6.45, 7) is 0.600. The Hall–Kier alpha value is -1.35. The number of nitrogens with zero attached hydrogens (tertiary/aromatic N) is 1. The number of aromatic amines is 1. The highest BCUT2D eigenvalue weighted by Gasteiger charge is 2.66. The van der Waals surface area contributed by atoms with Gasteiger partial charge in [0.05, 0.1) is 11.0 Å². The number of nitrogens with two attached hydrogens (primary N) is 1. The number of hydrogen-bond acceptors (Lipinski definition) is 2. The number of nitrogens with one attached hydrogen (secondary N) is 1. The van der Waals surface area contributed by atoms with Crippen LogP contribution in [0.4, 0.5) is 0 Å². The van der Waals surface area contributed by atoms with Gasteiger partial charge in [-0.1, -0.05) is 6.07 Å². The van der Waals surface area contributed by atoms with Crippen LogP contribution in [-0.2, 0) is 6.54 Å². The number of rotatable bonds is 2. The van der Waals surface area contributed by atoms with E-state index >= 15 is 0 Å². The molecule has 19 heavy (non-hydrogen) atoms. The molecule has 4 unspecified atom stereocenters. The average molecular weight is 253 g/mol. The van der Waals surface area contributed by atoms with Gasteiger partial charge in [0.15, 0.2) is 0 Å². The fraction of sp³-hybridized carbons (Fsp3) is 0.562. The molecule has 3 saturated carbocycles. The summed E-state index contributed by atoms with van der Waals surface area (Å²) in [5.41, 5.74) is 9.15. The molecule has 3 fully saturated rings. The van der Waals surface area contributed by atoms with Gasteiger partial charge in [-0.2, -0.15) is 0 Å². The van der Waals surface area contributed by atoms with Gasteiger partial charge in [0.25, 0.3) is 0 Å². The van der Waals surface area contributed by atoms with Crippen LogP contribution in [0.3, 0.4) is 0 Å². The zero-order valence-corrected chi connectivity index (χ0v) is 11.0. The molecule has 0 aliphatic heterocycles. The number of fused-ring (bicyclic) bond motifs is 6. The van der Waals surface area contributed by atoms with Crippen LogP contribution >= 0.6 is 0 Å². The van der Waals surface area contributed by atoms with Gasteiger partial charge in [-0.3, -0.25) is 0 Å². The Morgan fingerprint density at radius 3 is 2.74 bits per heavy atom. The first kappa shape index (κ1) is 10.4. The van der Waals surface area contributed by atoms with E-state index in [1.54, 1.807) is 0 Å². The molecule has 2 aromatic rings. The van der Waals surface area contributed by atoms with Crippen molar-refractivity contribution in [2.75, 3.05) is 0 Å². The van der Waals surface area contributed by atoms with Crippen molar-refractivity contribution in [3.8, 4) is 0 Å². The summed E-state index contributed by atoms with van der Waals surface area (Å²) in [5.74, 6) is 5.90. The highest BCUT2D eigenvalue weighted by Crippen LogP contribution is 2.72.